The third-order valence-electron chi connectivity index (χ3n) is 5.06. The highest BCUT2D eigenvalue weighted by Gasteiger charge is 2.42. The molecule has 1 saturated carbocycles. The summed E-state index contributed by atoms with van der Waals surface area (Å²) in [5.74, 6) is 0.123. The Morgan fingerprint density at radius 3 is 2.29 bits per heavy atom. The van der Waals surface area contributed by atoms with Crippen LogP contribution >= 0.6 is 11.6 Å². The van der Waals surface area contributed by atoms with Crippen molar-refractivity contribution in [3.63, 3.8) is 0 Å². The number of amides is 1. The Labute approximate surface area is 170 Å². The van der Waals surface area contributed by atoms with Crippen LogP contribution < -0.4 is 10.1 Å². The van der Waals surface area contributed by atoms with Gasteiger partial charge in [0.05, 0.1) is 12.0 Å². The second-order valence-corrected chi connectivity index (χ2v) is 7.30. The van der Waals surface area contributed by atoms with E-state index in [1.807, 2.05) is 24.3 Å². The summed E-state index contributed by atoms with van der Waals surface area (Å²) >= 11 is 6.01. The van der Waals surface area contributed by atoms with Gasteiger partial charge in [-0.25, -0.2) is 4.79 Å². The molecule has 1 aliphatic carbocycles. The number of carbonyl (C=O) groups is 2. The van der Waals surface area contributed by atoms with E-state index >= 15 is 0 Å². The minimum Gasteiger partial charge on any atom is -0.482 e. The molecule has 0 radical (unpaired) electrons. The molecular formula is C22H24ClNO4. The highest BCUT2D eigenvalue weighted by atomic mass is 35.5. The first-order valence-electron chi connectivity index (χ1n) is 9.49. The molecule has 2 aromatic carbocycles. The molecule has 0 bridgehead atoms. The second-order valence-electron chi connectivity index (χ2n) is 6.87. The first-order valence-corrected chi connectivity index (χ1v) is 9.87. The van der Waals surface area contributed by atoms with E-state index in [1.165, 1.54) is 0 Å². The summed E-state index contributed by atoms with van der Waals surface area (Å²) < 4.78 is 10.2. The van der Waals surface area contributed by atoms with E-state index in [0.29, 0.717) is 23.1 Å². The maximum Gasteiger partial charge on any atom is 0.344 e. The van der Waals surface area contributed by atoms with Gasteiger partial charge in [-0.15, -0.1) is 0 Å². The normalized spacial score (nSPS) is 15.1. The van der Waals surface area contributed by atoms with Gasteiger partial charge in [-0.05, 0) is 61.7 Å². The average Bonchev–Trinajstić information content (AvgIpc) is 3.19. The molecule has 1 fully saturated rings. The molecule has 5 nitrogen and oxygen atoms in total. The Morgan fingerprint density at radius 1 is 1.04 bits per heavy atom. The van der Waals surface area contributed by atoms with Gasteiger partial charge in [0.1, 0.15) is 5.75 Å². The number of rotatable bonds is 7. The van der Waals surface area contributed by atoms with Gasteiger partial charge < -0.3 is 14.8 Å². The van der Waals surface area contributed by atoms with Gasteiger partial charge in [-0.1, -0.05) is 36.6 Å². The predicted molar refractivity (Wildman–Crippen MR) is 109 cm³/mol. The van der Waals surface area contributed by atoms with Crippen molar-refractivity contribution in [3.8, 4) is 5.75 Å². The highest BCUT2D eigenvalue weighted by Crippen LogP contribution is 2.42. The zero-order valence-corrected chi connectivity index (χ0v) is 16.6. The summed E-state index contributed by atoms with van der Waals surface area (Å²) in [6.07, 6.45) is 3.69. The van der Waals surface area contributed by atoms with Gasteiger partial charge in [0.2, 0.25) is 5.91 Å². The summed E-state index contributed by atoms with van der Waals surface area (Å²) in [5.41, 5.74) is 1.17. The number of benzene rings is 2. The van der Waals surface area contributed by atoms with Crippen molar-refractivity contribution in [2.75, 3.05) is 18.5 Å². The van der Waals surface area contributed by atoms with Crippen LogP contribution in [-0.4, -0.2) is 25.1 Å². The van der Waals surface area contributed by atoms with E-state index < -0.39 is 11.4 Å². The van der Waals surface area contributed by atoms with Gasteiger partial charge in [-0.3, -0.25) is 4.79 Å². The Balaban J connectivity index is 1.67. The maximum atomic E-state index is 13.2. The molecule has 0 heterocycles. The zero-order valence-electron chi connectivity index (χ0n) is 15.9. The number of hydrogen-bond acceptors (Lipinski definition) is 4. The molecule has 148 valence electrons. The van der Waals surface area contributed by atoms with E-state index in [0.717, 1.165) is 31.2 Å². The van der Waals surface area contributed by atoms with E-state index in [1.54, 1.807) is 31.2 Å². The van der Waals surface area contributed by atoms with E-state index in [9.17, 15) is 9.59 Å². The lowest BCUT2D eigenvalue weighted by Gasteiger charge is -2.28. The first-order chi connectivity index (χ1) is 13.5. The summed E-state index contributed by atoms with van der Waals surface area (Å²) in [6.45, 7) is 1.93. The average molecular weight is 402 g/mol. The third kappa shape index (κ3) is 4.65. The predicted octanol–water partition coefficient (Wildman–Crippen LogP) is 4.73. The number of halogens is 1. The Morgan fingerprint density at radius 2 is 1.68 bits per heavy atom. The quantitative estimate of drug-likeness (QED) is 0.681. The van der Waals surface area contributed by atoms with Crippen molar-refractivity contribution in [2.24, 2.45) is 0 Å². The Bertz CT molecular complexity index is 811. The number of nitrogens with one attached hydrogen (secondary N) is 1. The summed E-state index contributed by atoms with van der Waals surface area (Å²) in [7, 11) is 0. The number of carbonyl (C=O) groups excluding carboxylic acids is 2. The first kappa shape index (κ1) is 20.2. The second kappa shape index (κ2) is 9.11. The van der Waals surface area contributed by atoms with Crippen LogP contribution in [0.25, 0.3) is 0 Å². The number of hydrogen-bond donors (Lipinski definition) is 1. The molecule has 0 saturated heterocycles. The molecule has 0 unspecified atom stereocenters. The van der Waals surface area contributed by atoms with Crippen LogP contribution in [0.5, 0.6) is 5.75 Å². The van der Waals surface area contributed by atoms with E-state index in [2.05, 4.69) is 5.32 Å². The zero-order chi connectivity index (χ0) is 20.0. The molecule has 1 aliphatic rings. The van der Waals surface area contributed by atoms with Gasteiger partial charge in [0, 0.05) is 10.7 Å². The fourth-order valence-electron chi connectivity index (χ4n) is 3.62. The molecule has 28 heavy (non-hydrogen) atoms. The monoisotopic (exact) mass is 401 g/mol. The van der Waals surface area contributed by atoms with E-state index in [-0.39, 0.29) is 12.5 Å². The molecule has 0 atom stereocenters. The van der Waals surface area contributed by atoms with Crippen molar-refractivity contribution in [1.82, 2.24) is 0 Å². The van der Waals surface area contributed by atoms with Crippen molar-refractivity contribution >= 4 is 29.2 Å². The summed E-state index contributed by atoms with van der Waals surface area (Å²) in [6, 6.07) is 14.5. The van der Waals surface area contributed by atoms with Crippen LogP contribution in [-0.2, 0) is 19.7 Å². The molecule has 0 spiro atoms. The Hall–Kier alpha value is -2.53. The van der Waals surface area contributed by atoms with Crippen LogP contribution in [0.1, 0.15) is 38.2 Å². The standard InChI is InChI=1S/C22H24ClNO4/c1-2-27-20(25)15-28-19-11-9-18(10-12-19)24-21(26)22(13-3-4-14-22)16-5-7-17(23)8-6-16/h5-12H,2-4,13-15H2,1H3,(H,24,26). The molecular weight excluding hydrogens is 378 g/mol. The van der Waals surface area contributed by atoms with Crippen LogP contribution in [0, 0.1) is 0 Å². The maximum absolute atomic E-state index is 13.2. The minimum atomic E-state index is -0.524. The summed E-state index contributed by atoms with van der Waals surface area (Å²) in [5, 5.41) is 3.69. The number of anilines is 1. The van der Waals surface area contributed by atoms with Gasteiger partial charge in [0.25, 0.3) is 0 Å². The Kier molecular flexibility index (Phi) is 6.57. The smallest absolute Gasteiger partial charge is 0.344 e. The van der Waals surface area contributed by atoms with Crippen LogP contribution in [0.2, 0.25) is 5.02 Å². The van der Waals surface area contributed by atoms with Crippen LogP contribution in [0.4, 0.5) is 5.69 Å². The van der Waals surface area contributed by atoms with Crippen LogP contribution in [0.3, 0.4) is 0 Å². The molecule has 0 aromatic heterocycles. The largest absolute Gasteiger partial charge is 0.482 e. The van der Waals surface area contributed by atoms with Gasteiger partial charge in [0.15, 0.2) is 6.61 Å². The number of esters is 1. The SMILES string of the molecule is CCOC(=O)COc1ccc(NC(=O)C2(c3ccc(Cl)cc3)CCCC2)cc1. The molecule has 6 heteroatoms. The molecule has 1 amide bonds. The number of ether oxygens (including phenoxy) is 2. The molecule has 2 aromatic rings. The highest BCUT2D eigenvalue weighted by molar-refractivity contribution is 6.30. The van der Waals surface area contributed by atoms with E-state index in [4.69, 9.17) is 21.1 Å². The third-order valence-corrected chi connectivity index (χ3v) is 5.31. The van der Waals surface area contributed by atoms with Gasteiger partial charge in [-0.2, -0.15) is 0 Å². The lowest BCUT2D eigenvalue weighted by Crippen LogP contribution is -2.37. The molecule has 0 aliphatic heterocycles. The van der Waals surface area contributed by atoms with Gasteiger partial charge >= 0.3 is 5.97 Å². The lowest BCUT2D eigenvalue weighted by molar-refractivity contribution is -0.145. The fraction of sp³-hybridized carbons (Fsp3) is 0.364. The van der Waals surface area contributed by atoms with Crippen molar-refractivity contribution in [1.29, 1.82) is 0 Å². The fourth-order valence-corrected chi connectivity index (χ4v) is 3.75. The molecule has 3 rings (SSSR count). The van der Waals surface area contributed by atoms with Crippen molar-refractivity contribution < 1.29 is 19.1 Å². The lowest BCUT2D eigenvalue weighted by atomic mass is 9.78. The van der Waals surface area contributed by atoms with Crippen LogP contribution in [0.15, 0.2) is 48.5 Å². The summed E-state index contributed by atoms with van der Waals surface area (Å²) in [4.78, 5) is 24.5. The van der Waals surface area contributed by atoms with Crippen molar-refractivity contribution in [3.05, 3.63) is 59.1 Å². The molecule has 1 N–H and O–H groups in total. The van der Waals surface area contributed by atoms with Crippen molar-refractivity contribution in [2.45, 2.75) is 38.0 Å². The topological polar surface area (TPSA) is 64.6 Å². The minimum absolute atomic E-state index is 0.00693.